The van der Waals surface area contributed by atoms with Gasteiger partial charge in [0.15, 0.2) is 0 Å². The number of nitrogens with one attached hydrogen (secondary N) is 1. The molecule has 0 aromatic heterocycles. The third-order valence-corrected chi connectivity index (χ3v) is 4.42. The molecule has 1 aliphatic rings. The molecule has 0 aliphatic carbocycles. The fourth-order valence-corrected chi connectivity index (χ4v) is 2.84. The topological polar surface area (TPSA) is 50.9 Å². The number of benzene rings is 1. The van der Waals surface area contributed by atoms with Crippen LogP contribution in [-0.4, -0.2) is 28.1 Å². The van der Waals surface area contributed by atoms with E-state index in [-0.39, 0.29) is 17.2 Å². The van der Waals surface area contributed by atoms with E-state index < -0.39 is 11.0 Å². The minimum atomic E-state index is -1.21. The molecule has 1 aromatic carbocycles. The standard InChI is InChI=1S/C15H23NO3S/c1-14(2,3)16-20(17)12-8-6-11(7-9-12)19-15(4,5)13-10-18-13/h6-9,13,16H,10H2,1-5H3. The maximum atomic E-state index is 12.1. The van der Waals surface area contributed by atoms with Crippen molar-refractivity contribution in [2.45, 2.75) is 56.8 Å². The van der Waals surface area contributed by atoms with Gasteiger partial charge in [-0.05, 0) is 58.9 Å². The smallest absolute Gasteiger partial charge is 0.132 e. The molecule has 4 nitrogen and oxygen atoms in total. The van der Waals surface area contributed by atoms with Gasteiger partial charge < -0.3 is 9.47 Å². The van der Waals surface area contributed by atoms with Crippen LogP contribution in [0.3, 0.4) is 0 Å². The van der Waals surface area contributed by atoms with E-state index in [9.17, 15) is 4.21 Å². The summed E-state index contributed by atoms with van der Waals surface area (Å²) in [7, 11) is -1.21. The molecule has 0 radical (unpaired) electrons. The largest absolute Gasteiger partial charge is 0.485 e. The maximum Gasteiger partial charge on any atom is 0.132 e. The summed E-state index contributed by atoms with van der Waals surface area (Å²) in [6.45, 7) is 10.7. The summed E-state index contributed by atoms with van der Waals surface area (Å²) in [5.41, 5.74) is -0.518. The van der Waals surface area contributed by atoms with Crippen LogP contribution < -0.4 is 9.46 Å². The van der Waals surface area contributed by atoms with Crippen molar-refractivity contribution in [3.8, 4) is 5.75 Å². The first kappa shape index (κ1) is 15.5. The van der Waals surface area contributed by atoms with Crippen molar-refractivity contribution in [1.29, 1.82) is 0 Å². The van der Waals surface area contributed by atoms with Crippen LogP contribution in [0.15, 0.2) is 29.2 Å². The van der Waals surface area contributed by atoms with Crippen LogP contribution in [0.2, 0.25) is 0 Å². The van der Waals surface area contributed by atoms with E-state index in [1.165, 1.54) is 0 Å². The lowest BCUT2D eigenvalue weighted by atomic mass is 10.1. The van der Waals surface area contributed by atoms with Gasteiger partial charge in [-0.2, -0.15) is 0 Å². The van der Waals surface area contributed by atoms with E-state index in [0.29, 0.717) is 0 Å². The van der Waals surface area contributed by atoms with Crippen molar-refractivity contribution in [3.05, 3.63) is 24.3 Å². The quantitative estimate of drug-likeness (QED) is 0.850. The molecule has 20 heavy (non-hydrogen) atoms. The van der Waals surface area contributed by atoms with Gasteiger partial charge in [-0.1, -0.05) is 0 Å². The molecule has 2 rings (SSSR count). The number of ether oxygens (including phenoxy) is 2. The molecule has 1 fully saturated rings. The molecule has 1 aromatic rings. The molecule has 1 aliphatic heterocycles. The molecule has 2 unspecified atom stereocenters. The summed E-state index contributed by atoms with van der Waals surface area (Å²) in [5.74, 6) is 0.766. The highest BCUT2D eigenvalue weighted by Crippen LogP contribution is 2.29. The first-order valence-electron chi connectivity index (χ1n) is 6.78. The zero-order chi connectivity index (χ0) is 15.0. The minimum absolute atomic E-state index is 0.166. The second kappa shape index (κ2) is 5.47. The maximum absolute atomic E-state index is 12.1. The van der Waals surface area contributed by atoms with Gasteiger partial charge in [0.05, 0.1) is 11.5 Å². The molecular weight excluding hydrogens is 274 g/mol. The summed E-state index contributed by atoms with van der Waals surface area (Å²) in [5, 5.41) is 0. The monoisotopic (exact) mass is 297 g/mol. The molecule has 1 N–H and O–H groups in total. The molecule has 0 amide bonds. The zero-order valence-electron chi connectivity index (χ0n) is 12.7. The van der Waals surface area contributed by atoms with Gasteiger partial charge in [0.1, 0.15) is 28.4 Å². The Morgan fingerprint density at radius 1 is 1.20 bits per heavy atom. The first-order chi connectivity index (χ1) is 9.17. The fourth-order valence-electron chi connectivity index (χ4n) is 1.79. The van der Waals surface area contributed by atoms with Crippen molar-refractivity contribution in [3.63, 3.8) is 0 Å². The van der Waals surface area contributed by atoms with Crippen molar-refractivity contribution >= 4 is 11.0 Å². The van der Waals surface area contributed by atoms with Gasteiger partial charge >= 0.3 is 0 Å². The number of hydrogen-bond donors (Lipinski definition) is 1. The van der Waals surface area contributed by atoms with Gasteiger partial charge in [0, 0.05) is 5.54 Å². The average Bonchev–Trinajstić information content (AvgIpc) is 3.10. The van der Waals surface area contributed by atoms with E-state index in [1.54, 1.807) is 0 Å². The van der Waals surface area contributed by atoms with Gasteiger partial charge in [-0.3, -0.25) is 0 Å². The molecule has 5 heteroatoms. The zero-order valence-corrected chi connectivity index (χ0v) is 13.5. The number of epoxide rings is 1. The molecular formula is C15H23NO3S. The van der Waals surface area contributed by atoms with Crippen LogP contribution in [-0.2, 0) is 15.7 Å². The summed E-state index contributed by atoms with van der Waals surface area (Å²) in [4.78, 5) is 0.743. The second-order valence-electron chi connectivity index (χ2n) is 6.62. The number of rotatable bonds is 5. The average molecular weight is 297 g/mol. The van der Waals surface area contributed by atoms with Crippen molar-refractivity contribution in [1.82, 2.24) is 4.72 Å². The van der Waals surface area contributed by atoms with Crippen LogP contribution in [0.1, 0.15) is 34.6 Å². The van der Waals surface area contributed by atoms with Crippen molar-refractivity contribution in [2.75, 3.05) is 6.61 Å². The lowest BCUT2D eigenvalue weighted by molar-refractivity contribution is 0.0744. The van der Waals surface area contributed by atoms with E-state index >= 15 is 0 Å². The van der Waals surface area contributed by atoms with Gasteiger partial charge in [-0.25, -0.2) is 8.93 Å². The van der Waals surface area contributed by atoms with Gasteiger partial charge in [-0.15, -0.1) is 0 Å². The molecule has 1 saturated heterocycles. The van der Waals surface area contributed by atoms with Crippen LogP contribution in [0.25, 0.3) is 0 Å². The highest BCUT2D eigenvalue weighted by molar-refractivity contribution is 7.83. The fraction of sp³-hybridized carbons (Fsp3) is 0.600. The Hall–Kier alpha value is -0.910. The molecule has 0 spiro atoms. The Kier molecular flexibility index (Phi) is 4.23. The third kappa shape index (κ3) is 4.30. The Balaban J connectivity index is 2.01. The third-order valence-electron chi connectivity index (χ3n) is 2.93. The summed E-state index contributed by atoms with van der Waals surface area (Å²) >= 11 is 0. The van der Waals surface area contributed by atoms with Crippen molar-refractivity contribution in [2.24, 2.45) is 0 Å². The summed E-state index contributed by atoms with van der Waals surface area (Å²) in [6.07, 6.45) is 0.166. The van der Waals surface area contributed by atoms with Crippen LogP contribution >= 0.6 is 0 Å². The predicted octanol–water partition coefficient (Wildman–Crippen LogP) is 2.65. The van der Waals surface area contributed by atoms with Crippen LogP contribution in [0.4, 0.5) is 0 Å². The Labute approximate surface area is 123 Å². The summed E-state index contributed by atoms with van der Waals surface area (Å²) < 4.78 is 26.4. The Morgan fingerprint density at radius 2 is 1.75 bits per heavy atom. The molecule has 1 heterocycles. The van der Waals surface area contributed by atoms with Crippen molar-refractivity contribution < 1.29 is 13.7 Å². The van der Waals surface area contributed by atoms with E-state index in [4.69, 9.17) is 9.47 Å². The van der Waals surface area contributed by atoms with E-state index in [0.717, 1.165) is 17.3 Å². The SMILES string of the molecule is CC(C)(C)NS(=O)c1ccc(OC(C)(C)C2CO2)cc1. The normalized spacial score (nSPS) is 20.6. The minimum Gasteiger partial charge on any atom is -0.485 e. The lowest BCUT2D eigenvalue weighted by Crippen LogP contribution is -2.37. The Bertz CT molecular complexity index is 487. The Morgan fingerprint density at radius 3 is 2.20 bits per heavy atom. The predicted molar refractivity (Wildman–Crippen MR) is 80.2 cm³/mol. The highest BCUT2D eigenvalue weighted by Gasteiger charge is 2.41. The first-order valence-corrected chi connectivity index (χ1v) is 7.93. The van der Waals surface area contributed by atoms with E-state index in [1.807, 2.05) is 58.9 Å². The molecule has 0 saturated carbocycles. The van der Waals surface area contributed by atoms with Crippen LogP contribution in [0.5, 0.6) is 5.75 Å². The lowest BCUT2D eigenvalue weighted by Gasteiger charge is -2.24. The van der Waals surface area contributed by atoms with Gasteiger partial charge in [0.25, 0.3) is 0 Å². The van der Waals surface area contributed by atoms with E-state index in [2.05, 4.69) is 4.72 Å². The molecule has 112 valence electrons. The van der Waals surface area contributed by atoms with Crippen LogP contribution in [0, 0.1) is 0 Å². The number of hydrogen-bond acceptors (Lipinski definition) is 3. The van der Waals surface area contributed by atoms with Gasteiger partial charge in [0.2, 0.25) is 0 Å². The highest BCUT2D eigenvalue weighted by atomic mass is 32.2. The summed E-state index contributed by atoms with van der Waals surface area (Å²) in [6, 6.07) is 7.35. The molecule has 2 atom stereocenters. The second-order valence-corrected chi connectivity index (χ2v) is 7.83. The molecule has 0 bridgehead atoms.